The molecule has 0 aliphatic heterocycles. The van der Waals surface area contributed by atoms with Crippen LogP contribution in [0.5, 0.6) is 0 Å². The Labute approximate surface area is 138 Å². The third kappa shape index (κ3) is 2.93. The fourth-order valence-electron chi connectivity index (χ4n) is 2.54. The molecule has 0 spiro atoms. The van der Waals surface area contributed by atoms with Crippen molar-refractivity contribution in [3.63, 3.8) is 0 Å². The molecular formula is C19H16FNO3. The van der Waals surface area contributed by atoms with Gasteiger partial charge < -0.3 is 4.74 Å². The van der Waals surface area contributed by atoms with Crippen molar-refractivity contribution in [1.82, 2.24) is 4.57 Å². The first-order valence-corrected chi connectivity index (χ1v) is 7.69. The van der Waals surface area contributed by atoms with Gasteiger partial charge in [0.1, 0.15) is 5.82 Å². The number of aromatic nitrogens is 1. The molecule has 2 aromatic carbocycles. The van der Waals surface area contributed by atoms with Crippen molar-refractivity contribution in [2.75, 3.05) is 6.61 Å². The standard InChI is InChI=1S/C19H16FNO3/c1-2-10-24-19(23)17-12-21(14-7-5-6-13(20)11-14)18(22)16-9-4-3-8-15(16)17/h3-9,11-12H,2,10H2,1H3. The van der Waals surface area contributed by atoms with Gasteiger partial charge in [0.05, 0.1) is 17.9 Å². The summed E-state index contributed by atoms with van der Waals surface area (Å²) in [5, 5.41) is 0.906. The summed E-state index contributed by atoms with van der Waals surface area (Å²) in [4.78, 5) is 25.1. The fraction of sp³-hybridized carbons (Fsp3) is 0.158. The second-order valence-electron chi connectivity index (χ2n) is 5.38. The van der Waals surface area contributed by atoms with Crippen molar-refractivity contribution in [3.8, 4) is 5.69 Å². The lowest BCUT2D eigenvalue weighted by atomic mass is 10.1. The summed E-state index contributed by atoms with van der Waals surface area (Å²) in [5.74, 6) is -0.958. The molecule has 0 saturated carbocycles. The number of carbonyl (C=O) groups excluding carboxylic acids is 1. The number of hydrogen-bond acceptors (Lipinski definition) is 3. The molecule has 0 radical (unpaired) electrons. The Balaban J connectivity index is 2.26. The largest absolute Gasteiger partial charge is 0.462 e. The van der Waals surface area contributed by atoms with Crippen LogP contribution in [0.1, 0.15) is 23.7 Å². The van der Waals surface area contributed by atoms with E-state index in [4.69, 9.17) is 4.74 Å². The van der Waals surface area contributed by atoms with Crippen LogP contribution in [0.3, 0.4) is 0 Å². The van der Waals surface area contributed by atoms with E-state index in [2.05, 4.69) is 0 Å². The molecular weight excluding hydrogens is 309 g/mol. The number of nitrogens with zero attached hydrogens (tertiary/aromatic N) is 1. The minimum Gasteiger partial charge on any atom is -0.462 e. The van der Waals surface area contributed by atoms with Crippen LogP contribution in [0.25, 0.3) is 16.5 Å². The third-order valence-corrected chi connectivity index (χ3v) is 3.67. The van der Waals surface area contributed by atoms with Gasteiger partial charge in [-0.1, -0.05) is 31.2 Å². The molecule has 1 aromatic heterocycles. The average Bonchev–Trinajstić information content (AvgIpc) is 2.60. The SMILES string of the molecule is CCCOC(=O)c1cn(-c2cccc(F)c2)c(=O)c2ccccc12. The van der Waals surface area contributed by atoms with Gasteiger partial charge >= 0.3 is 5.97 Å². The van der Waals surface area contributed by atoms with Crippen LogP contribution in [0.15, 0.2) is 59.5 Å². The molecule has 0 bridgehead atoms. The van der Waals surface area contributed by atoms with Crippen LogP contribution in [-0.4, -0.2) is 17.1 Å². The zero-order valence-corrected chi connectivity index (χ0v) is 13.2. The average molecular weight is 325 g/mol. The summed E-state index contributed by atoms with van der Waals surface area (Å²) in [6.45, 7) is 2.20. The Morgan fingerprint density at radius 2 is 1.88 bits per heavy atom. The second-order valence-corrected chi connectivity index (χ2v) is 5.38. The Kier molecular flexibility index (Phi) is 4.42. The highest BCUT2D eigenvalue weighted by atomic mass is 19.1. The summed E-state index contributed by atoms with van der Waals surface area (Å²) in [5.41, 5.74) is 0.321. The maximum absolute atomic E-state index is 13.5. The molecule has 0 aliphatic rings. The van der Waals surface area contributed by atoms with E-state index in [-0.39, 0.29) is 11.1 Å². The Morgan fingerprint density at radius 1 is 1.12 bits per heavy atom. The monoisotopic (exact) mass is 325 g/mol. The zero-order chi connectivity index (χ0) is 17.1. The van der Waals surface area contributed by atoms with Crippen molar-refractivity contribution in [2.24, 2.45) is 0 Å². The molecule has 0 saturated heterocycles. The zero-order valence-electron chi connectivity index (χ0n) is 13.2. The van der Waals surface area contributed by atoms with Crippen LogP contribution in [0, 0.1) is 5.82 Å². The van der Waals surface area contributed by atoms with E-state index in [0.717, 1.165) is 0 Å². The van der Waals surface area contributed by atoms with Gasteiger partial charge in [-0.05, 0) is 30.7 Å². The van der Waals surface area contributed by atoms with Gasteiger partial charge in [0, 0.05) is 17.0 Å². The van der Waals surface area contributed by atoms with E-state index in [1.54, 1.807) is 30.3 Å². The number of ether oxygens (including phenoxy) is 1. The van der Waals surface area contributed by atoms with Crippen LogP contribution < -0.4 is 5.56 Å². The molecule has 0 aliphatic carbocycles. The highest BCUT2D eigenvalue weighted by Crippen LogP contribution is 2.19. The number of esters is 1. The highest BCUT2D eigenvalue weighted by Gasteiger charge is 2.16. The first-order chi connectivity index (χ1) is 11.6. The molecule has 0 N–H and O–H groups in total. The van der Waals surface area contributed by atoms with E-state index >= 15 is 0 Å². The van der Waals surface area contributed by atoms with E-state index in [0.29, 0.717) is 29.5 Å². The fourth-order valence-corrected chi connectivity index (χ4v) is 2.54. The van der Waals surface area contributed by atoms with Crippen LogP contribution in [0.4, 0.5) is 4.39 Å². The number of carbonyl (C=O) groups is 1. The molecule has 122 valence electrons. The van der Waals surface area contributed by atoms with Crippen molar-refractivity contribution < 1.29 is 13.9 Å². The summed E-state index contributed by atoms with van der Waals surface area (Å²) < 4.78 is 20.0. The number of benzene rings is 2. The van der Waals surface area contributed by atoms with E-state index in [9.17, 15) is 14.0 Å². The first-order valence-electron chi connectivity index (χ1n) is 7.69. The molecule has 1 heterocycles. The molecule has 0 unspecified atom stereocenters. The van der Waals surface area contributed by atoms with Crippen molar-refractivity contribution in [1.29, 1.82) is 0 Å². The third-order valence-electron chi connectivity index (χ3n) is 3.67. The number of fused-ring (bicyclic) bond motifs is 1. The van der Waals surface area contributed by atoms with Crippen LogP contribution >= 0.6 is 0 Å². The molecule has 0 atom stereocenters. The molecule has 0 amide bonds. The number of rotatable bonds is 4. The lowest BCUT2D eigenvalue weighted by Gasteiger charge is -2.12. The Morgan fingerprint density at radius 3 is 2.58 bits per heavy atom. The smallest absolute Gasteiger partial charge is 0.340 e. The number of halogens is 1. The molecule has 5 heteroatoms. The highest BCUT2D eigenvalue weighted by molar-refractivity contribution is 6.04. The van der Waals surface area contributed by atoms with Gasteiger partial charge in [-0.3, -0.25) is 9.36 Å². The molecule has 3 rings (SSSR count). The van der Waals surface area contributed by atoms with Gasteiger partial charge in [-0.15, -0.1) is 0 Å². The van der Waals surface area contributed by atoms with Gasteiger partial charge in [-0.25, -0.2) is 9.18 Å². The molecule has 4 nitrogen and oxygen atoms in total. The maximum atomic E-state index is 13.5. The predicted octanol–water partition coefficient (Wildman–Crippen LogP) is 3.70. The van der Waals surface area contributed by atoms with Crippen molar-refractivity contribution >= 4 is 16.7 Å². The normalized spacial score (nSPS) is 10.8. The summed E-state index contributed by atoms with van der Waals surface area (Å²) in [6.07, 6.45) is 2.12. The summed E-state index contributed by atoms with van der Waals surface area (Å²) in [7, 11) is 0. The van der Waals surface area contributed by atoms with Gasteiger partial charge in [0.25, 0.3) is 5.56 Å². The van der Waals surface area contributed by atoms with E-state index < -0.39 is 11.8 Å². The minimum atomic E-state index is -0.502. The van der Waals surface area contributed by atoms with Crippen LogP contribution in [0.2, 0.25) is 0 Å². The van der Waals surface area contributed by atoms with Gasteiger partial charge in [-0.2, -0.15) is 0 Å². The Hall–Kier alpha value is -2.95. The van der Waals surface area contributed by atoms with E-state index in [1.807, 2.05) is 6.92 Å². The van der Waals surface area contributed by atoms with Gasteiger partial charge in [0.2, 0.25) is 0 Å². The molecule has 3 aromatic rings. The summed E-state index contributed by atoms with van der Waals surface area (Å²) in [6, 6.07) is 12.5. The topological polar surface area (TPSA) is 48.3 Å². The Bertz CT molecular complexity index is 962. The molecule has 24 heavy (non-hydrogen) atoms. The van der Waals surface area contributed by atoms with Crippen molar-refractivity contribution in [3.05, 3.63) is 76.5 Å². The predicted molar refractivity (Wildman–Crippen MR) is 90.1 cm³/mol. The molecule has 0 fully saturated rings. The number of pyridine rings is 1. The minimum absolute atomic E-state index is 0.280. The van der Waals surface area contributed by atoms with Crippen LogP contribution in [-0.2, 0) is 4.74 Å². The lowest BCUT2D eigenvalue weighted by Crippen LogP contribution is -2.21. The second kappa shape index (κ2) is 6.66. The summed E-state index contributed by atoms with van der Waals surface area (Å²) >= 11 is 0. The van der Waals surface area contributed by atoms with Crippen molar-refractivity contribution in [2.45, 2.75) is 13.3 Å². The van der Waals surface area contributed by atoms with E-state index in [1.165, 1.54) is 29.0 Å². The number of hydrogen-bond donors (Lipinski definition) is 0. The quantitative estimate of drug-likeness (QED) is 0.687. The van der Waals surface area contributed by atoms with Gasteiger partial charge in [0.15, 0.2) is 0 Å². The maximum Gasteiger partial charge on any atom is 0.340 e. The lowest BCUT2D eigenvalue weighted by molar-refractivity contribution is 0.0506. The first kappa shape index (κ1) is 15.9.